The lowest BCUT2D eigenvalue weighted by molar-refractivity contribution is 0.0257. The molecule has 26 heavy (non-hydrogen) atoms. The Bertz CT molecular complexity index is 581. The second-order valence-electron chi connectivity index (χ2n) is 6.54. The highest BCUT2D eigenvalue weighted by molar-refractivity contribution is 14.0. The molecular formula is C19H32IN3O3. The molecule has 0 spiro atoms. The Morgan fingerprint density at radius 3 is 2.69 bits per heavy atom. The number of guanidine groups is 1. The summed E-state index contributed by atoms with van der Waals surface area (Å²) in [4.78, 5) is 6.48. The van der Waals surface area contributed by atoms with Crippen molar-refractivity contribution in [2.24, 2.45) is 10.9 Å². The highest BCUT2D eigenvalue weighted by Crippen LogP contribution is 2.32. The summed E-state index contributed by atoms with van der Waals surface area (Å²) in [7, 11) is 3.84. The summed E-state index contributed by atoms with van der Waals surface area (Å²) in [5.74, 6) is 3.00. The van der Waals surface area contributed by atoms with Crippen molar-refractivity contribution < 1.29 is 14.2 Å². The maximum absolute atomic E-state index is 5.80. The third kappa shape index (κ3) is 6.50. The minimum absolute atomic E-state index is 0. The quantitative estimate of drug-likeness (QED) is 0.353. The van der Waals surface area contributed by atoms with Crippen molar-refractivity contribution in [3.8, 4) is 11.5 Å². The molecule has 1 aromatic rings. The number of hydrogen-bond donors (Lipinski definition) is 1. The number of hydrogen-bond acceptors (Lipinski definition) is 4. The number of nitrogens with one attached hydrogen (secondary N) is 1. The topological polar surface area (TPSA) is 55.3 Å². The Kier molecular flexibility index (Phi) is 10.1. The fourth-order valence-corrected chi connectivity index (χ4v) is 2.92. The second kappa shape index (κ2) is 11.5. The summed E-state index contributed by atoms with van der Waals surface area (Å²) in [5.41, 5.74) is 1.16. The van der Waals surface area contributed by atoms with Crippen LogP contribution >= 0.6 is 24.0 Å². The van der Waals surface area contributed by atoms with Gasteiger partial charge in [0.1, 0.15) is 0 Å². The van der Waals surface area contributed by atoms with Gasteiger partial charge in [-0.2, -0.15) is 0 Å². The van der Waals surface area contributed by atoms with Crippen molar-refractivity contribution in [2.75, 3.05) is 34.0 Å². The number of benzene rings is 1. The van der Waals surface area contributed by atoms with Crippen LogP contribution in [0.1, 0.15) is 32.8 Å². The van der Waals surface area contributed by atoms with Crippen LogP contribution in [0.5, 0.6) is 11.5 Å². The van der Waals surface area contributed by atoms with E-state index in [-0.39, 0.29) is 30.1 Å². The van der Waals surface area contributed by atoms with Gasteiger partial charge >= 0.3 is 0 Å². The van der Waals surface area contributed by atoms with Crippen LogP contribution in [-0.2, 0) is 11.3 Å². The number of rotatable bonds is 8. The lowest BCUT2D eigenvalue weighted by atomic mass is 10.0. The van der Waals surface area contributed by atoms with Crippen molar-refractivity contribution in [3.63, 3.8) is 0 Å². The molecule has 6 nitrogen and oxygen atoms in total. The van der Waals surface area contributed by atoms with Crippen molar-refractivity contribution in [1.29, 1.82) is 0 Å². The van der Waals surface area contributed by atoms with Gasteiger partial charge in [-0.15, -0.1) is 24.0 Å². The molecule has 0 saturated carbocycles. The molecule has 0 bridgehead atoms. The number of nitrogens with zero attached hydrogens (tertiary/aromatic N) is 2. The van der Waals surface area contributed by atoms with E-state index in [0.717, 1.165) is 49.1 Å². The lowest BCUT2D eigenvalue weighted by Gasteiger charge is -2.25. The fraction of sp³-hybridized carbons (Fsp3) is 0.632. The molecule has 1 aromatic carbocycles. The van der Waals surface area contributed by atoms with Crippen LogP contribution in [0.25, 0.3) is 0 Å². The van der Waals surface area contributed by atoms with Gasteiger partial charge in [0, 0.05) is 33.8 Å². The smallest absolute Gasteiger partial charge is 0.231 e. The summed E-state index contributed by atoms with van der Waals surface area (Å²) >= 11 is 0. The maximum Gasteiger partial charge on any atom is 0.231 e. The van der Waals surface area contributed by atoms with E-state index in [1.165, 1.54) is 0 Å². The van der Waals surface area contributed by atoms with Crippen molar-refractivity contribution >= 4 is 29.9 Å². The largest absolute Gasteiger partial charge is 0.454 e. The SMILES string of the molecule is CCOC(CCNC(=NC)N(C)Cc1ccc2c(c1)OCO2)C(C)C.I. The summed E-state index contributed by atoms with van der Waals surface area (Å²) in [5, 5.41) is 3.43. The first kappa shape index (κ1) is 22.8. The van der Waals surface area contributed by atoms with Gasteiger partial charge < -0.3 is 24.4 Å². The first-order chi connectivity index (χ1) is 12.0. The molecule has 7 heteroatoms. The molecule has 0 radical (unpaired) electrons. The molecule has 0 fully saturated rings. The summed E-state index contributed by atoms with van der Waals surface area (Å²) in [6, 6.07) is 6.04. The van der Waals surface area contributed by atoms with E-state index in [9.17, 15) is 0 Å². The molecule has 148 valence electrons. The van der Waals surface area contributed by atoms with Crippen molar-refractivity contribution in [2.45, 2.75) is 39.8 Å². The predicted octanol–water partition coefficient (Wildman–Crippen LogP) is 3.49. The number of ether oxygens (including phenoxy) is 3. The van der Waals surface area contributed by atoms with E-state index in [1.54, 1.807) is 7.05 Å². The summed E-state index contributed by atoms with van der Waals surface area (Å²) in [6.07, 6.45) is 1.23. The van der Waals surface area contributed by atoms with Crippen LogP contribution in [0.4, 0.5) is 0 Å². The summed E-state index contributed by atoms with van der Waals surface area (Å²) < 4.78 is 16.6. The van der Waals surface area contributed by atoms with Gasteiger partial charge in [0.05, 0.1) is 6.10 Å². The summed E-state index contributed by atoms with van der Waals surface area (Å²) in [6.45, 7) is 9.06. The average molecular weight is 477 g/mol. The van der Waals surface area contributed by atoms with Gasteiger partial charge in [0.25, 0.3) is 0 Å². The Morgan fingerprint density at radius 1 is 1.31 bits per heavy atom. The van der Waals surface area contributed by atoms with Crippen LogP contribution in [0.15, 0.2) is 23.2 Å². The molecule has 1 atom stereocenters. The molecule has 0 amide bonds. The first-order valence-corrected chi connectivity index (χ1v) is 8.97. The van der Waals surface area contributed by atoms with E-state index in [1.807, 2.05) is 26.1 Å². The van der Waals surface area contributed by atoms with E-state index in [0.29, 0.717) is 12.7 Å². The fourth-order valence-electron chi connectivity index (χ4n) is 2.92. The highest BCUT2D eigenvalue weighted by atomic mass is 127. The Morgan fingerprint density at radius 2 is 2.04 bits per heavy atom. The number of halogens is 1. The zero-order valence-electron chi connectivity index (χ0n) is 16.4. The van der Waals surface area contributed by atoms with Gasteiger partial charge in [-0.3, -0.25) is 4.99 Å². The van der Waals surface area contributed by atoms with Crippen LogP contribution in [0.3, 0.4) is 0 Å². The van der Waals surface area contributed by atoms with Gasteiger partial charge in [0.15, 0.2) is 17.5 Å². The van der Waals surface area contributed by atoms with E-state index >= 15 is 0 Å². The van der Waals surface area contributed by atoms with Crippen LogP contribution in [0, 0.1) is 5.92 Å². The van der Waals surface area contributed by atoms with Gasteiger partial charge in [-0.25, -0.2) is 0 Å². The second-order valence-corrected chi connectivity index (χ2v) is 6.54. The first-order valence-electron chi connectivity index (χ1n) is 8.97. The van der Waals surface area contributed by atoms with Crippen molar-refractivity contribution in [1.82, 2.24) is 10.2 Å². The molecule has 1 N–H and O–H groups in total. The van der Waals surface area contributed by atoms with Crippen molar-refractivity contribution in [3.05, 3.63) is 23.8 Å². The van der Waals surface area contributed by atoms with Gasteiger partial charge in [0.2, 0.25) is 6.79 Å². The molecule has 1 unspecified atom stereocenters. The Balaban J connectivity index is 0.00000338. The minimum atomic E-state index is 0. The molecular weight excluding hydrogens is 445 g/mol. The maximum atomic E-state index is 5.80. The monoisotopic (exact) mass is 477 g/mol. The normalized spacial score (nSPS) is 14.2. The molecule has 1 heterocycles. The molecule has 0 aliphatic carbocycles. The third-order valence-corrected chi connectivity index (χ3v) is 4.27. The predicted molar refractivity (Wildman–Crippen MR) is 116 cm³/mol. The molecule has 1 aliphatic rings. The highest BCUT2D eigenvalue weighted by Gasteiger charge is 2.16. The standard InChI is InChI=1S/C19H31N3O3.HI/c1-6-23-16(14(2)3)9-10-21-19(20-4)22(5)12-15-7-8-17-18(11-15)25-13-24-17;/h7-8,11,14,16H,6,9-10,12-13H2,1-5H3,(H,20,21);1H. The van der Waals surface area contributed by atoms with Crippen LogP contribution in [0.2, 0.25) is 0 Å². The van der Waals surface area contributed by atoms with E-state index in [4.69, 9.17) is 14.2 Å². The zero-order valence-corrected chi connectivity index (χ0v) is 18.8. The molecule has 0 aromatic heterocycles. The van der Waals surface area contributed by atoms with Crippen LogP contribution < -0.4 is 14.8 Å². The average Bonchev–Trinajstić information content (AvgIpc) is 3.05. The Hall–Kier alpha value is -1.22. The number of aliphatic imine (C=N–C) groups is 1. The minimum Gasteiger partial charge on any atom is -0.454 e. The lowest BCUT2D eigenvalue weighted by Crippen LogP contribution is -2.40. The number of fused-ring (bicyclic) bond motifs is 1. The Labute approximate surface area is 174 Å². The van der Waals surface area contributed by atoms with Gasteiger partial charge in [-0.1, -0.05) is 19.9 Å². The molecule has 0 saturated heterocycles. The van der Waals surface area contributed by atoms with E-state index in [2.05, 4.69) is 35.1 Å². The van der Waals surface area contributed by atoms with E-state index < -0.39 is 0 Å². The molecule has 2 rings (SSSR count). The third-order valence-electron chi connectivity index (χ3n) is 4.27. The molecule has 1 aliphatic heterocycles. The van der Waals surface area contributed by atoms with Crippen LogP contribution in [-0.4, -0.2) is 51.0 Å². The van der Waals surface area contributed by atoms with Gasteiger partial charge in [-0.05, 0) is 37.0 Å². The zero-order chi connectivity index (χ0) is 18.2.